The Balaban J connectivity index is 1.64. The van der Waals surface area contributed by atoms with Crippen LogP contribution in [0.25, 0.3) is 0 Å². The summed E-state index contributed by atoms with van der Waals surface area (Å²) in [5, 5.41) is 6.29. The van der Waals surface area contributed by atoms with Crippen molar-refractivity contribution in [3.63, 3.8) is 0 Å². The predicted octanol–water partition coefficient (Wildman–Crippen LogP) is 3.72. The Morgan fingerprint density at radius 2 is 1.95 bits per heavy atom. The van der Waals surface area contributed by atoms with E-state index in [9.17, 15) is 0 Å². The first-order chi connectivity index (χ1) is 10.5. The van der Waals surface area contributed by atoms with E-state index in [1.54, 1.807) is 11.3 Å². The second-order valence-electron chi connectivity index (χ2n) is 5.56. The van der Waals surface area contributed by atoms with Crippen molar-refractivity contribution in [2.24, 2.45) is 0 Å². The highest BCUT2D eigenvalue weighted by Gasteiger charge is 2.19. The molecular weight excluding hydrogens is 336 g/mol. The zero-order valence-electron chi connectivity index (χ0n) is 12.8. The number of rotatable bonds is 3. The van der Waals surface area contributed by atoms with E-state index in [4.69, 9.17) is 23.8 Å². The molecular formula is C15H19ClN4S2. The first kappa shape index (κ1) is 15.9. The molecule has 22 heavy (non-hydrogen) atoms. The molecule has 0 aliphatic carbocycles. The van der Waals surface area contributed by atoms with Crippen LogP contribution in [0.2, 0.25) is 5.02 Å². The van der Waals surface area contributed by atoms with Crippen molar-refractivity contribution in [1.82, 2.24) is 14.7 Å². The minimum atomic E-state index is 0.783. The highest BCUT2D eigenvalue weighted by atomic mass is 35.5. The summed E-state index contributed by atoms with van der Waals surface area (Å²) in [6.07, 6.45) is 0. The molecule has 0 spiro atoms. The third kappa shape index (κ3) is 3.51. The van der Waals surface area contributed by atoms with Gasteiger partial charge in [-0.15, -0.1) is 0 Å². The molecule has 1 fully saturated rings. The summed E-state index contributed by atoms with van der Waals surface area (Å²) in [6.45, 7) is 8.92. The molecule has 4 nitrogen and oxygen atoms in total. The molecule has 1 saturated heterocycles. The van der Waals surface area contributed by atoms with Gasteiger partial charge in [0.2, 0.25) is 0 Å². The van der Waals surface area contributed by atoms with Crippen molar-refractivity contribution in [3.8, 4) is 0 Å². The molecule has 0 saturated carbocycles. The van der Waals surface area contributed by atoms with Crippen LogP contribution in [0, 0.1) is 17.8 Å². The maximum atomic E-state index is 6.13. The van der Waals surface area contributed by atoms with Crippen molar-refractivity contribution in [2.75, 3.05) is 31.1 Å². The minimum Gasteiger partial charge on any atom is -0.369 e. The number of nitrogens with zero attached hydrogens (tertiary/aromatic N) is 4. The van der Waals surface area contributed by atoms with Gasteiger partial charge < -0.3 is 4.90 Å². The van der Waals surface area contributed by atoms with Crippen LogP contribution in [0.3, 0.4) is 0 Å². The number of halogens is 1. The van der Waals surface area contributed by atoms with Crippen molar-refractivity contribution in [1.29, 1.82) is 0 Å². The first-order valence-electron chi connectivity index (χ1n) is 7.31. The first-order valence-corrected chi connectivity index (χ1v) is 8.91. The van der Waals surface area contributed by atoms with E-state index in [0.29, 0.717) is 0 Å². The molecule has 0 amide bonds. The summed E-state index contributed by atoms with van der Waals surface area (Å²) in [5.74, 6) is 0. The van der Waals surface area contributed by atoms with Crippen molar-refractivity contribution in [2.45, 2.75) is 20.5 Å². The topological polar surface area (TPSA) is 24.3 Å². The van der Waals surface area contributed by atoms with Gasteiger partial charge in [0.15, 0.2) is 3.95 Å². The largest absolute Gasteiger partial charge is 0.369 e. The summed E-state index contributed by atoms with van der Waals surface area (Å²) >= 11 is 13.0. The van der Waals surface area contributed by atoms with E-state index in [2.05, 4.69) is 34.0 Å². The van der Waals surface area contributed by atoms with Gasteiger partial charge >= 0.3 is 0 Å². The van der Waals surface area contributed by atoms with E-state index < -0.39 is 0 Å². The molecule has 3 rings (SSSR count). The number of aromatic nitrogens is 2. The zero-order valence-corrected chi connectivity index (χ0v) is 15.1. The minimum absolute atomic E-state index is 0.783. The van der Waals surface area contributed by atoms with Crippen molar-refractivity contribution < 1.29 is 0 Å². The molecule has 1 aromatic heterocycles. The zero-order chi connectivity index (χ0) is 15.7. The number of piperazine rings is 1. The molecule has 2 aromatic rings. The molecule has 1 aliphatic rings. The van der Waals surface area contributed by atoms with Crippen LogP contribution >= 0.6 is 35.2 Å². The summed E-state index contributed by atoms with van der Waals surface area (Å²) in [7, 11) is 0. The molecule has 0 bridgehead atoms. The Morgan fingerprint density at radius 1 is 1.23 bits per heavy atom. The lowest BCUT2D eigenvalue weighted by molar-refractivity contribution is 0.195. The SMILES string of the molecule is Cc1nn(CN2CCN(c3cc(Cl)ccc3C)CC2)c(=S)s1. The highest BCUT2D eigenvalue weighted by Crippen LogP contribution is 2.25. The van der Waals surface area contributed by atoms with Crippen LogP contribution in [0.1, 0.15) is 10.6 Å². The Hall–Kier alpha value is -0.950. The van der Waals surface area contributed by atoms with Crippen LogP contribution in [0.15, 0.2) is 18.2 Å². The van der Waals surface area contributed by atoms with Gasteiger partial charge in [0, 0.05) is 36.9 Å². The quantitative estimate of drug-likeness (QED) is 0.784. The highest BCUT2D eigenvalue weighted by molar-refractivity contribution is 7.73. The standard InChI is InChI=1S/C15H19ClN4S2/c1-11-3-4-13(16)9-14(11)19-7-5-18(6-8-19)10-20-15(21)22-12(2)17-20/h3-4,9H,5-8,10H2,1-2H3. The fraction of sp³-hybridized carbons (Fsp3) is 0.467. The van der Waals surface area contributed by atoms with Crippen LogP contribution in [0.5, 0.6) is 0 Å². The average molecular weight is 355 g/mol. The summed E-state index contributed by atoms with van der Waals surface area (Å²) in [6, 6.07) is 6.09. The maximum Gasteiger partial charge on any atom is 0.180 e. The van der Waals surface area contributed by atoms with Gasteiger partial charge in [-0.25, -0.2) is 4.68 Å². The van der Waals surface area contributed by atoms with E-state index in [0.717, 1.165) is 46.8 Å². The van der Waals surface area contributed by atoms with Gasteiger partial charge in [-0.05, 0) is 43.8 Å². The van der Waals surface area contributed by atoms with Crippen molar-refractivity contribution >= 4 is 40.8 Å². The second-order valence-corrected chi connectivity index (χ2v) is 7.83. The summed E-state index contributed by atoms with van der Waals surface area (Å²) < 4.78 is 2.78. The van der Waals surface area contributed by atoms with Gasteiger partial charge in [-0.3, -0.25) is 4.90 Å². The number of hydrogen-bond acceptors (Lipinski definition) is 5. The normalized spacial score (nSPS) is 16.2. The summed E-state index contributed by atoms with van der Waals surface area (Å²) in [4.78, 5) is 4.80. The number of benzene rings is 1. The number of hydrogen-bond donors (Lipinski definition) is 0. The average Bonchev–Trinajstić information content (AvgIpc) is 2.80. The second kappa shape index (κ2) is 6.66. The van der Waals surface area contributed by atoms with Crippen molar-refractivity contribution in [3.05, 3.63) is 37.7 Å². The molecule has 2 heterocycles. The fourth-order valence-electron chi connectivity index (χ4n) is 2.74. The van der Waals surface area contributed by atoms with Gasteiger partial charge in [0.05, 0.1) is 6.67 Å². The van der Waals surface area contributed by atoms with Gasteiger partial charge in [-0.2, -0.15) is 5.10 Å². The third-order valence-corrected chi connectivity index (χ3v) is 5.38. The molecule has 7 heteroatoms. The van der Waals surface area contributed by atoms with E-state index in [1.807, 2.05) is 17.7 Å². The van der Waals surface area contributed by atoms with Crippen LogP contribution in [-0.4, -0.2) is 40.9 Å². The van der Waals surface area contributed by atoms with Gasteiger partial charge in [0.1, 0.15) is 5.01 Å². The smallest absolute Gasteiger partial charge is 0.180 e. The van der Waals surface area contributed by atoms with E-state index >= 15 is 0 Å². The predicted molar refractivity (Wildman–Crippen MR) is 95.7 cm³/mol. The lowest BCUT2D eigenvalue weighted by Crippen LogP contribution is -2.47. The Kier molecular flexibility index (Phi) is 4.82. The molecule has 0 radical (unpaired) electrons. The Morgan fingerprint density at radius 3 is 2.59 bits per heavy atom. The number of aryl methyl sites for hydroxylation is 2. The van der Waals surface area contributed by atoms with Gasteiger partial charge in [0.25, 0.3) is 0 Å². The molecule has 118 valence electrons. The Labute approximate surface area is 144 Å². The van der Waals surface area contributed by atoms with E-state index in [-0.39, 0.29) is 0 Å². The maximum absolute atomic E-state index is 6.13. The fourth-order valence-corrected chi connectivity index (χ4v) is 3.97. The third-order valence-electron chi connectivity index (χ3n) is 3.93. The monoisotopic (exact) mass is 354 g/mol. The van der Waals surface area contributed by atoms with E-state index in [1.165, 1.54) is 11.3 Å². The Bertz CT molecular complexity index is 717. The molecule has 0 N–H and O–H groups in total. The van der Waals surface area contributed by atoms with Gasteiger partial charge in [-0.1, -0.05) is 29.0 Å². The van der Waals surface area contributed by atoms with Crippen LogP contribution in [0.4, 0.5) is 5.69 Å². The van der Waals surface area contributed by atoms with Crippen LogP contribution < -0.4 is 4.90 Å². The summed E-state index contributed by atoms with van der Waals surface area (Å²) in [5.41, 5.74) is 2.52. The molecule has 1 aliphatic heterocycles. The molecule has 0 atom stereocenters. The molecule has 0 unspecified atom stereocenters. The number of anilines is 1. The van der Waals surface area contributed by atoms with Crippen LogP contribution in [-0.2, 0) is 6.67 Å². The molecule has 1 aromatic carbocycles. The lowest BCUT2D eigenvalue weighted by atomic mass is 10.1. The lowest BCUT2D eigenvalue weighted by Gasteiger charge is -2.36.